The van der Waals surface area contributed by atoms with Crippen LogP contribution in [-0.2, 0) is 14.6 Å². The van der Waals surface area contributed by atoms with Gasteiger partial charge in [0.2, 0.25) is 5.91 Å². The molecule has 0 aromatic heterocycles. The van der Waals surface area contributed by atoms with Crippen LogP contribution in [0.1, 0.15) is 13.8 Å². The lowest BCUT2D eigenvalue weighted by Crippen LogP contribution is -2.21. The van der Waals surface area contributed by atoms with Crippen molar-refractivity contribution in [3.05, 3.63) is 12.0 Å². The quantitative estimate of drug-likeness (QED) is 0.665. The molecule has 2 N–H and O–H groups in total. The summed E-state index contributed by atoms with van der Waals surface area (Å²) in [4.78, 5) is 9.97. The molecule has 0 aliphatic heterocycles. The first-order valence-corrected chi connectivity index (χ1v) is 4.83. The fraction of sp³-hybridized carbons (Fsp3) is 0.500. The predicted octanol–water partition coefficient (Wildman–Crippen LogP) is 0.0562. The van der Waals surface area contributed by atoms with E-state index in [9.17, 15) is 13.2 Å². The number of carbonyl (C=O) groups is 1. The Kier molecular flexibility index (Phi) is 6.88. The van der Waals surface area contributed by atoms with Gasteiger partial charge in [-0.05, 0) is 0 Å². The van der Waals surface area contributed by atoms with Gasteiger partial charge in [-0.25, -0.2) is 8.42 Å². The molecule has 0 bridgehead atoms. The molecule has 66 valence electrons. The Bertz CT molecular complexity index is 218. The molecule has 0 aliphatic carbocycles. The van der Waals surface area contributed by atoms with E-state index in [1.165, 1.54) is 0 Å². The summed E-state index contributed by atoms with van der Waals surface area (Å²) in [5.41, 5.74) is 4.59. The Hall–Kier alpha value is -0.840. The van der Waals surface area contributed by atoms with Crippen LogP contribution in [0.2, 0.25) is 0 Å². The van der Waals surface area contributed by atoms with E-state index in [1.807, 2.05) is 13.8 Å². The van der Waals surface area contributed by atoms with Gasteiger partial charge in [0.25, 0.3) is 0 Å². The van der Waals surface area contributed by atoms with Gasteiger partial charge in [0, 0.05) is 5.41 Å². The highest BCUT2D eigenvalue weighted by Crippen LogP contribution is 1.87. The zero-order valence-electron chi connectivity index (χ0n) is 6.70. The number of hydrogen-bond acceptors (Lipinski definition) is 3. The Balaban J connectivity index is 0. The van der Waals surface area contributed by atoms with E-state index in [1.54, 1.807) is 0 Å². The molecule has 5 heteroatoms. The molecule has 0 heterocycles. The van der Waals surface area contributed by atoms with Crippen molar-refractivity contribution in [2.24, 2.45) is 5.73 Å². The number of hydrogen-bond donors (Lipinski definition) is 1. The SMILES string of the molecule is C=CS(=O)(=O)CC(N)=O.CC. The third-order valence-corrected chi connectivity index (χ3v) is 1.79. The van der Waals surface area contributed by atoms with E-state index in [0.29, 0.717) is 5.41 Å². The largest absolute Gasteiger partial charge is 0.369 e. The molecule has 0 fully saturated rings. The van der Waals surface area contributed by atoms with Crippen molar-refractivity contribution in [2.75, 3.05) is 5.75 Å². The fourth-order valence-electron chi connectivity index (χ4n) is 0.257. The van der Waals surface area contributed by atoms with E-state index in [0.717, 1.165) is 0 Å². The zero-order chi connectivity index (χ0) is 9.49. The van der Waals surface area contributed by atoms with Crippen LogP contribution in [0, 0.1) is 0 Å². The van der Waals surface area contributed by atoms with Crippen LogP contribution < -0.4 is 5.73 Å². The summed E-state index contributed by atoms with van der Waals surface area (Å²) in [6.45, 7) is 6.99. The smallest absolute Gasteiger partial charge is 0.232 e. The maximum absolute atomic E-state index is 10.4. The van der Waals surface area contributed by atoms with E-state index < -0.39 is 21.5 Å². The molecule has 4 nitrogen and oxygen atoms in total. The number of primary amides is 1. The molecule has 0 radical (unpaired) electrons. The minimum atomic E-state index is -3.43. The van der Waals surface area contributed by atoms with Gasteiger partial charge in [0.15, 0.2) is 9.84 Å². The Morgan fingerprint density at radius 2 is 1.91 bits per heavy atom. The van der Waals surface area contributed by atoms with Crippen molar-refractivity contribution in [1.29, 1.82) is 0 Å². The third kappa shape index (κ3) is 9.16. The normalized spacial score (nSPS) is 9.27. The number of nitrogens with two attached hydrogens (primary N) is 1. The summed E-state index contributed by atoms with van der Waals surface area (Å²) in [5, 5.41) is 0.706. The minimum absolute atomic E-state index is 0.656. The standard InChI is InChI=1S/C4H7NO3S.C2H6/c1-2-9(7,8)3-4(5)6;1-2/h2H,1,3H2,(H2,5,6);1-2H3. The highest BCUT2D eigenvalue weighted by atomic mass is 32.2. The van der Waals surface area contributed by atoms with Gasteiger partial charge < -0.3 is 5.73 Å². The van der Waals surface area contributed by atoms with Crippen molar-refractivity contribution >= 4 is 15.7 Å². The summed E-state index contributed by atoms with van der Waals surface area (Å²) in [6.07, 6.45) is 0. The molecule has 0 saturated heterocycles. The molecular formula is C6H13NO3S. The van der Waals surface area contributed by atoms with Gasteiger partial charge in [0.1, 0.15) is 5.75 Å². The Morgan fingerprint density at radius 1 is 1.55 bits per heavy atom. The Labute approximate surface area is 67.0 Å². The molecular weight excluding hydrogens is 166 g/mol. The molecule has 0 atom stereocenters. The van der Waals surface area contributed by atoms with Crippen LogP contribution >= 0.6 is 0 Å². The number of sulfone groups is 1. The zero-order valence-corrected chi connectivity index (χ0v) is 7.52. The molecule has 0 unspecified atom stereocenters. The third-order valence-electron chi connectivity index (χ3n) is 0.597. The van der Waals surface area contributed by atoms with E-state index in [-0.39, 0.29) is 0 Å². The number of carbonyl (C=O) groups excluding carboxylic acids is 1. The lowest BCUT2D eigenvalue weighted by Gasteiger charge is -1.89. The first-order chi connectivity index (χ1) is 4.98. The molecule has 0 spiro atoms. The van der Waals surface area contributed by atoms with Gasteiger partial charge in [0.05, 0.1) is 0 Å². The molecule has 0 rings (SSSR count). The summed E-state index contributed by atoms with van der Waals surface area (Å²) in [6, 6.07) is 0. The average molecular weight is 179 g/mol. The second-order valence-electron chi connectivity index (χ2n) is 1.44. The van der Waals surface area contributed by atoms with Gasteiger partial charge >= 0.3 is 0 Å². The summed E-state index contributed by atoms with van der Waals surface area (Å²) in [7, 11) is -3.43. The van der Waals surface area contributed by atoms with Crippen molar-refractivity contribution in [3.8, 4) is 0 Å². The monoisotopic (exact) mass is 179 g/mol. The molecule has 0 aromatic rings. The van der Waals surface area contributed by atoms with Crippen molar-refractivity contribution in [3.63, 3.8) is 0 Å². The highest BCUT2D eigenvalue weighted by molar-refractivity contribution is 7.94. The van der Waals surface area contributed by atoms with Crippen LogP contribution in [0.3, 0.4) is 0 Å². The summed E-state index contributed by atoms with van der Waals surface area (Å²) >= 11 is 0. The molecule has 11 heavy (non-hydrogen) atoms. The molecule has 0 aromatic carbocycles. The van der Waals surface area contributed by atoms with Crippen molar-refractivity contribution in [1.82, 2.24) is 0 Å². The molecule has 0 saturated carbocycles. The van der Waals surface area contributed by atoms with Gasteiger partial charge in [-0.15, -0.1) is 0 Å². The van der Waals surface area contributed by atoms with Gasteiger partial charge in [-0.2, -0.15) is 0 Å². The molecule has 0 aliphatic rings. The minimum Gasteiger partial charge on any atom is -0.369 e. The van der Waals surface area contributed by atoms with Crippen molar-refractivity contribution in [2.45, 2.75) is 13.8 Å². The maximum atomic E-state index is 10.4. The van der Waals surface area contributed by atoms with Crippen LogP contribution in [0.15, 0.2) is 12.0 Å². The number of amides is 1. The average Bonchev–Trinajstić information content (AvgIpc) is 1.90. The van der Waals surface area contributed by atoms with Crippen LogP contribution in [0.25, 0.3) is 0 Å². The molecule has 1 amide bonds. The summed E-state index contributed by atoms with van der Waals surface area (Å²) in [5.74, 6) is -1.52. The predicted molar refractivity (Wildman–Crippen MR) is 44.5 cm³/mol. The van der Waals surface area contributed by atoms with Crippen molar-refractivity contribution < 1.29 is 13.2 Å². The van der Waals surface area contributed by atoms with E-state index >= 15 is 0 Å². The highest BCUT2D eigenvalue weighted by Gasteiger charge is 2.07. The maximum Gasteiger partial charge on any atom is 0.232 e. The van der Waals surface area contributed by atoms with Gasteiger partial charge in [-0.3, -0.25) is 4.79 Å². The van der Waals surface area contributed by atoms with Crippen LogP contribution in [0.4, 0.5) is 0 Å². The van der Waals surface area contributed by atoms with E-state index in [4.69, 9.17) is 0 Å². The fourth-order valence-corrected chi connectivity index (χ4v) is 0.772. The lowest BCUT2D eigenvalue weighted by atomic mass is 10.8. The first-order valence-electron chi connectivity index (χ1n) is 3.11. The van der Waals surface area contributed by atoms with Crippen LogP contribution in [0.5, 0.6) is 0 Å². The lowest BCUT2D eigenvalue weighted by molar-refractivity contribution is -0.115. The van der Waals surface area contributed by atoms with Crippen LogP contribution in [-0.4, -0.2) is 20.1 Å². The summed E-state index contributed by atoms with van der Waals surface area (Å²) < 4.78 is 20.8. The topological polar surface area (TPSA) is 77.2 Å². The second-order valence-corrected chi connectivity index (χ2v) is 3.39. The Morgan fingerprint density at radius 3 is 2.00 bits per heavy atom. The second kappa shape index (κ2) is 5.91. The number of rotatable bonds is 3. The first kappa shape index (κ1) is 12.8. The van der Waals surface area contributed by atoms with E-state index in [2.05, 4.69) is 12.3 Å². The van der Waals surface area contributed by atoms with Gasteiger partial charge in [-0.1, -0.05) is 20.4 Å².